The van der Waals surface area contributed by atoms with Crippen LogP contribution in [0, 0.1) is 17.3 Å². The fraction of sp³-hybridized carbons (Fsp3) is 0.714. The van der Waals surface area contributed by atoms with Crippen LogP contribution in [-0.4, -0.2) is 41.0 Å². The minimum Gasteiger partial charge on any atom is -0.442 e. The van der Waals surface area contributed by atoms with Crippen molar-refractivity contribution in [1.29, 1.82) is 0 Å². The maximum Gasteiger partial charge on any atom is 0.188 e. The van der Waals surface area contributed by atoms with E-state index in [-0.39, 0.29) is 11.5 Å². The maximum atomic E-state index is 10.8. The van der Waals surface area contributed by atoms with Gasteiger partial charge < -0.3 is 14.7 Å². The third-order valence-electron chi connectivity index (χ3n) is 8.02. The molecule has 0 bridgehead atoms. The number of hydrogen-bond acceptors (Lipinski definition) is 3. The van der Waals surface area contributed by atoms with Gasteiger partial charge in [0.1, 0.15) is 5.75 Å². The number of fused-ring (bicyclic) bond motifs is 3. The summed E-state index contributed by atoms with van der Waals surface area (Å²) in [5.41, 5.74) is 2.93. The van der Waals surface area contributed by atoms with Gasteiger partial charge in [-0.15, -0.1) is 23.2 Å². The van der Waals surface area contributed by atoms with Crippen molar-refractivity contribution >= 4 is 23.2 Å². The van der Waals surface area contributed by atoms with Crippen LogP contribution >= 0.6 is 23.2 Å². The molecule has 1 N–H and O–H groups in total. The molecule has 0 amide bonds. The molecule has 1 aromatic rings. The number of alkyl halides is 2. The van der Waals surface area contributed by atoms with Crippen molar-refractivity contribution in [2.45, 2.75) is 85.2 Å². The van der Waals surface area contributed by atoms with Crippen LogP contribution in [0.3, 0.4) is 0 Å². The molecule has 0 spiro atoms. The molecule has 2 aliphatic rings. The first kappa shape index (κ1) is 28.3. The third-order valence-corrected chi connectivity index (χ3v) is 8.36. The zero-order chi connectivity index (χ0) is 24.6. The van der Waals surface area contributed by atoms with E-state index in [1.54, 1.807) is 0 Å². The number of aliphatic hydroxyl groups excluding tert-OH is 1. The number of aliphatic hydroxyl groups is 1. The Morgan fingerprint density at radius 1 is 1.21 bits per heavy atom. The largest absolute Gasteiger partial charge is 0.442 e. The van der Waals surface area contributed by atoms with Gasteiger partial charge in [0, 0.05) is 24.8 Å². The van der Waals surface area contributed by atoms with Crippen molar-refractivity contribution in [3.8, 4) is 5.75 Å². The Hall–Kier alpha value is -0.900. The highest BCUT2D eigenvalue weighted by atomic mass is 35.5. The summed E-state index contributed by atoms with van der Waals surface area (Å²) in [6.07, 6.45) is 6.30. The normalized spacial score (nSPS) is 26.8. The first-order valence-electron chi connectivity index (χ1n) is 12.9. The highest BCUT2D eigenvalue weighted by Gasteiger charge is 2.50. The lowest BCUT2D eigenvalue weighted by molar-refractivity contribution is -0.0711. The molecule has 5 heteroatoms. The van der Waals surface area contributed by atoms with Gasteiger partial charge in [-0.25, -0.2) is 0 Å². The van der Waals surface area contributed by atoms with E-state index in [1.807, 2.05) is 18.7 Å². The van der Waals surface area contributed by atoms with E-state index >= 15 is 0 Å². The van der Waals surface area contributed by atoms with Crippen LogP contribution in [-0.2, 0) is 6.42 Å². The Balaban J connectivity index is 0.00000187. The molecule has 0 heterocycles. The van der Waals surface area contributed by atoms with E-state index < -0.39 is 0 Å². The Bertz CT molecular complexity index is 749. The van der Waals surface area contributed by atoms with Gasteiger partial charge in [0.05, 0.1) is 6.10 Å². The predicted molar refractivity (Wildman–Crippen MR) is 143 cm³/mol. The van der Waals surface area contributed by atoms with Crippen molar-refractivity contribution in [2.75, 3.05) is 24.8 Å². The van der Waals surface area contributed by atoms with E-state index in [1.165, 1.54) is 17.5 Å². The molecule has 188 valence electrons. The van der Waals surface area contributed by atoms with Gasteiger partial charge in [-0.05, 0) is 85.1 Å². The van der Waals surface area contributed by atoms with E-state index in [9.17, 15) is 5.11 Å². The number of halogens is 2. The topological polar surface area (TPSA) is 32.7 Å². The number of hydrogen-bond donors (Lipinski definition) is 1. The van der Waals surface area contributed by atoms with E-state index in [2.05, 4.69) is 45.5 Å². The highest BCUT2D eigenvalue weighted by Crippen LogP contribution is 2.57. The van der Waals surface area contributed by atoms with Gasteiger partial charge in [-0.1, -0.05) is 47.1 Å². The molecule has 5 atom stereocenters. The van der Waals surface area contributed by atoms with Crippen LogP contribution in [0.4, 0.5) is 0 Å². The zero-order valence-electron chi connectivity index (χ0n) is 21.4. The SMILES string of the molecule is C=C(Oc1ccc2c(c1)CCC1C2CCC(C)(C(O)CC)C1CC)N(CCCl)CCCl.CC. The summed E-state index contributed by atoms with van der Waals surface area (Å²) in [4.78, 5) is 1.99. The monoisotopic (exact) mass is 497 g/mol. The summed E-state index contributed by atoms with van der Waals surface area (Å²) in [6.45, 7) is 16.2. The molecule has 1 saturated carbocycles. The van der Waals surface area contributed by atoms with Crippen molar-refractivity contribution in [3.05, 3.63) is 41.8 Å². The van der Waals surface area contributed by atoms with Gasteiger partial charge in [0.2, 0.25) is 0 Å². The van der Waals surface area contributed by atoms with Gasteiger partial charge in [-0.3, -0.25) is 0 Å². The molecule has 2 aliphatic carbocycles. The zero-order valence-corrected chi connectivity index (χ0v) is 22.9. The van der Waals surface area contributed by atoms with Crippen molar-refractivity contribution in [1.82, 2.24) is 4.90 Å². The average Bonchev–Trinajstić information content (AvgIpc) is 2.84. The van der Waals surface area contributed by atoms with Gasteiger partial charge in [-0.2, -0.15) is 0 Å². The van der Waals surface area contributed by atoms with E-state index in [0.29, 0.717) is 48.5 Å². The Morgan fingerprint density at radius 3 is 2.45 bits per heavy atom. The lowest BCUT2D eigenvalue weighted by atomic mass is 9.52. The van der Waals surface area contributed by atoms with Crippen LogP contribution in [0.15, 0.2) is 30.7 Å². The molecular formula is C28H45Cl2NO2. The van der Waals surface area contributed by atoms with Crippen LogP contribution in [0.1, 0.15) is 83.8 Å². The highest BCUT2D eigenvalue weighted by molar-refractivity contribution is 6.18. The smallest absolute Gasteiger partial charge is 0.188 e. The van der Waals surface area contributed by atoms with Gasteiger partial charge in [0.15, 0.2) is 5.88 Å². The molecular weight excluding hydrogens is 453 g/mol. The molecule has 0 aromatic heterocycles. The van der Waals surface area contributed by atoms with Crippen molar-refractivity contribution in [2.24, 2.45) is 17.3 Å². The molecule has 1 fully saturated rings. The Labute approximate surface area is 212 Å². The van der Waals surface area contributed by atoms with Gasteiger partial charge >= 0.3 is 0 Å². The van der Waals surface area contributed by atoms with Gasteiger partial charge in [0.25, 0.3) is 0 Å². The quantitative estimate of drug-likeness (QED) is 0.267. The molecule has 1 aromatic carbocycles. The molecule has 0 aliphatic heterocycles. The minimum absolute atomic E-state index is 0.0390. The number of aryl methyl sites for hydroxylation is 1. The first-order valence-corrected chi connectivity index (χ1v) is 14.0. The summed E-state index contributed by atoms with van der Waals surface area (Å²) in [5, 5.41) is 10.8. The van der Waals surface area contributed by atoms with E-state index in [0.717, 1.165) is 37.9 Å². The number of benzene rings is 1. The third kappa shape index (κ3) is 6.21. The summed E-state index contributed by atoms with van der Waals surface area (Å²) >= 11 is 11.8. The molecule has 0 saturated heterocycles. The Morgan fingerprint density at radius 2 is 1.88 bits per heavy atom. The Kier molecular flexibility index (Phi) is 11.4. The van der Waals surface area contributed by atoms with Crippen LogP contribution in [0.5, 0.6) is 5.75 Å². The van der Waals surface area contributed by atoms with E-state index in [4.69, 9.17) is 27.9 Å². The van der Waals surface area contributed by atoms with Crippen LogP contribution in [0.25, 0.3) is 0 Å². The maximum absolute atomic E-state index is 10.8. The van der Waals surface area contributed by atoms with Crippen molar-refractivity contribution in [3.63, 3.8) is 0 Å². The summed E-state index contributed by atoms with van der Waals surface area (Å²) < 4.78 is 6.09. The molecule has 5 unspecified atom stereocenters. The first-order chi connectivity index (χ1) is 15.9. The lowest BCUT2D eigenvalue weighted by Crippen LogP contribution is -2.48. The standard InChI is InChI=1S/C26H39Cl2NO2.C2H6/c1-5-24-23-9-7-19-17-20(31-18(3)29(15-13-27)16-14-28)8-10-21(19)22(23)11-12-26(24,4)25(30)6-2;1-2/h8,10,17,22-25,30H,3,5-7,9,11-16H2,1-2,4H3;1-2H3. The molecule has 3 rings (SSSR count). The lowest BCUT2D eigenvalue weighted by Gasteiger charge is -2.53. The van der Waals surface area contributed by atoms with Crippen LogP contribution < -0.4 is 4.74 Å². The summed E-state index contributed by atoms with van der Waals surface area (Å²) in [6, 6.07) is 6.56. The fourth-order valence-electron chi connectivity index (χ4n) is 6.38. The van der Waals surface area contributed by atoms with Crippen molar-refractivity contribution < 1.29 is 9.84 Å². The summed E-state index contributed by atoms with van der Waals surface area (Å²) in [5.74, 6) is 4.28. The predicted octanol–water partition coefficient (Wildman–Crippen LogP) is 7.59. The number of rotatable bonds is 10. The second-order valence-corrected chi connectivity index (χ2v) is 10.3. The average molecular weight is 499 g/mol. The molecule has 0 radical (unpaired) electrons. The minimum atomic E-state index is -0.203. The molecule has 3 nitrogen and oxygen atoms in total. The second kappa shape index (κ2) is 13.3. The number of ether oxygens (including phenoxy) is 1. The summed E-state index contributed by atoms with van der Waals surface area (Å²) in [7, 11) is 0. The van der Waals surface area contributed by atoms with Crippen LogP contribution in [0.2, 0.25) is 0 Å². The number of nitrogens with zero attached hydrogens (tertiary/aromatic N) is 1. The molecule has 33 heavy (non-hydrogen) atoms. The fourth-order valence-corrected chi connectivity index (χ4v) is 6.79. The second-order valence-electron chi connectivity index (χ2n) is 9.51.